The van der Waals surface area contributed by atoms with Gasteiger partial charge >= 0.3 is 0 Å². The number of hydrogen-bond donors (Lipinski definition) is 1. The summed E-state index contributed by atoms with van der Waals surface area (Å²) in [5, 5.41) is 4.58. The lowest BCUT2D eigenvalue weighted by atomic mass is 9.87. The number of fused-ring (bicyclic) bond motifs is 1. The average molecular weight is 365 g/mol. The molecular formula is C17H17ClN2O3S. The van der Waals surface area contributed by atoms with Gasteiger partial charge < -0.3 is 4.52 Å². The van der Waals surface area contributed by atoms with Gasteiger partial charge in [-0.2, -0.15) is 0 Å². The highest BCUT2D eigenvalue weighted by Crippen LogP contribution is 2.31. The van der Waals surface area contributed by atoms with Gasteiger partial charge in [0.05, 0.1) is 15.3 Å². The van der Waals surface area contributed by atoms with Crippen LogP contribution < -0.4 is 4.72 Å². The fourth-order valence-corrected chi connectivity index (χ4v) is 3.60. The molecule has 0 aliphatic heterocycles. The van der Waals surface area contributed by atoms with Crippen LogP contribution in [0.4, 0.5) is 5.82 Å². The Bertz CT molecular complexity index is 987. The molecule has 126 valence electrons. The Labute approximate surface area is 145 Å². The van der Waals surface area contributed by atoms with Crippen LogP contribution in [-0.2, 0) is 15.4 Å². The zero-order valence-electron chi connectivity index (χ0n) is 13.5. The van der Waals surface area contributed by atoms with E-state index in [2.05, 4.69) is 30.6 Å². The van der Waals surface area contributed by atoms with Crippen molar-refractivity contribution >= 4 is 38.4 Å². The molecule has 0 unspecified atom stereocenters. The third kappa shape index (κ3) is 3.12. The van der Waals surface area contributed by atoms with Crippen LogP contribution >= 0.6 is 11.6 Å². The van der Waals surface area contributed by atoms with Gasteiger partial charge in [0.1, 0.15) is 0 Å². The van der Waals surface area contributed by atoms with Crippen molar-refractivity contribution in [2.75, 3.05) is 4.72 Å². The van der Waals surface area contributed by atoms with Crippen molar-refractivity contribution in [1.82, 2.24) is 5.16 Å². The van der Waals surface area contributed by atoms with Gasteiger partial charge in [-0.05, 0) is 35.2 Å². The van der Waals surface area contributed by atoms with Gasteiger partial charge in [0.2, 0.25) is 0 Å². The highest BCUT2D eigenvalue weighted by Gasteiger charge is 2.21. The van der Waals surface area contributed by atoms with Crippen LogP contribution in [0, 0.1) is 0 Å². The Hall–Kier alpha value is -2.05. The molecule has 0 fully saturated rings. The maximum Gasteiger partial charge on any atom is 0.263 e. The molecule has 0 saturated heterocycles. The van der Waals surface area contributed by atoms with Gasteiger partial charge in [-0.15, -0.1) is 0 Å². The molecule has 0 spiro atoms. The molecule has 24 heavy (non-hydrogen) atoms. The monoisotopic (exact) mass is 364 g/mol. The molecule has 3 rings (SSSR count). The van der Waals surface area contributed by atoms with Crippen molar-refractivity contribution in [3.63, 3.8) is 0 Å². The highest BCUT2D eigenvalue weighted by molar-refractivity contribution is 7.92. The molecule has 0 radical (unpaired) electrons. The number of halogens is 1. The second kappa shape index (κ2) is 5.79. The van der Waals surface area contributed by atoms with E-state index < -0.39 is 10.0 Å². The number of sulfonamides is 1. The third-order valence-corrected chi connectivity index (χ3v) is 5.38. The number of anilines is 1. The van der Waals surface area contributed by atoms with Crippen LogP contribution in [0.1, 0.15) is 26.3 Å². The standard InChI is InChI=1S/C17H17ClN2O3S/c1-17(2,3)11-7-9-12(10-8-11)24(21,22)20-16-15-13(18)5-4-6-14(15)23-19-16/h4-10H,1-3H3,(H,19,20). The molecule has 1 N–H and O–H groups in total. The summed E-state index contributed by atoms with van der Waals surface area (Å²) in [7, 11) is -3.78. The van der Waals surface area contributed by atoms with Crippen LogP contribution in [0.3, 0.4) is 0 Å². The maximum absolute atomic E-state index is 12.6. The van der Waals surface area contributed by atoms with Crippen molar-refractivity contribution in [3.8, 4) is 0 Å². The topological polar surface area (TPSA) is 72.2 Å². The van der Waals surface area contributed by atoms with E-state index in [0.717, 1.165) is 5.56 Å². The van der Waals surface area contributed by atoms with Gasteiger partial charge in [0, 0.05) is 0 Å². The minimum atomic E-state index is -3.78. The smallest absolute Gasteiger partial charge is 0.263 e. The van der Waals surface area contributed by atoms with Crippen molar-refractivity contribution in [2.24, 2.45) is 0 Å². The second-order valence-electron chi connectivity index (χ2n) is 6.52. The van der Waals surface area contributed by atoms with Crippen LogP contribution in [0.25, 0.3) is 11.0 Å². The minimum absolute atomic E-state index is 0.0500. The average Bonchev–Trinajstić information content (AvgIpc) is 2.90. The van der Waals surface area contributed by atoms with Crippen LogP contribution in [0.2, 0.25) is 5.02 Å². The Morgan fingerprint density at radius 1 is 1.08 bits per heavy atom. The molecule has 0 atom stereocenters. The number of benzene rings is 2. The Balaban J connectivity index is 1.96. The van der Waals surface area contributed by atoms with E-state index in [0.29, 0.717) is 16.0 Å². The van der Waals surface area contributed by atoms with Crippen molar-refractivity contribution < 1.29 is 12.9 Å². The van der Waals surface area contributed by atoms with E-state index in [-0.39, 0.29) is 16.1 Å². The van der Waals surface area contributed by atoms with Crippen molar-refractivity contribution in [3.05, 3.63) is 53.1 Å². The predicted molar refractivity (Wildman–Crippen MR) is 95.0 cm³/mol. The minimum Gasteiger partial charge on any atom is -0.354 e. The first-order chi connectivity index (χ1) is 11.2. The Morgan fingerprint density at radius 3 is 2.38 bits per heavy atom. The van der Waals surface area contributed by atoms with Gasteiger partial charge in [0.15, 0.2) is 11.4 Å². The number of aromatic nitrogens is 1. The number of rotatable bonds is 3. The Kier molecular flexibility index (Phi) is 4.05. The lowest BCUT2D eigenvalue weighted by Gasteiger charge is -2.19. The fourth-order valence-electron chi connectivity index (χ4n) is 2.34. The molecule has 0 amide bonds. The van der Waals surface area contributed by atoms with E-state index in [4.69, 9.17) is 16.1 Å². The Morgan fingerprint density at radius 2 is 1.75 bits per heavy atom. The summed E-state index contributed by atoms with van der Waals surface area (Å²) in [6, 6.07) is 11.8. The predicted octanol–water partition coefficient (Wildman–Crippen LogP) is 4.58. The zero-order valence-corrected chi connectivity index (χ0v) is 15.1. The molecule has 1 heterocycles. The second-order valence-corrected chi connectivity index (χ2v) is 8.61. The SMILES string of the molecule is CC(C)(C)c1ccc(S(=O)(=O)Nc2noc3cccc(Cl)c23)cc1. The lowest BCUT2D eigenvalue weighted by molar-refractivity contribution is 0.460. The van der Waals surface area contributed by atoms with Crippen molar-refractivity contribution in [1.29, 1.82) is 0 Å². The van der Waals surface area contributed by atoms with Gasteiger partial charge in [-0.1, -0.05) is 55.7 Å². The summed E-state index contributed by atoms with van der Waals surface area (Å²) in [5.41, 5.74) is 1.42. The maximum atomic E-state index is 12.6. The first kappa shape index (κ1) is 16.8. The van der Waals surface area contributed by atoms with E-state index in [9.17, 15) is 8.42 Å². The first-order valence-electron chi connectivity index (χ1n) is 7.36. The number of hydrogen-bond acceptors (Lipinski definition) is 4. The molecule has 7 heteroatoms. The number of nitrogens with one attached hydrogen (secondary N) is 1. The molecule has 5 nitrogen and oxygen atoms in total. The van der Waals surface area contributed by atoms with E-state index in [1.165, 1.54) is 0 Å². The molecule has 0 saturated carbocycles. The van der Waals surface area contributed by atoms with Crippen LogP contribution in [0.5, 0.6) is 0 Å². The lowest BCUT2D eigenvalue weighted by Crippen LogP contribution is -2.15. The molecule has 1 aromatic heterocycles. The van der Waals surface area contributed by atoms with E-state index in [1.54, 1.807) is 30.3 Å². The summed E-state index contributed by atoms with van der Waals surface area (Å²) in [5.74, 6) is 0.0792. The molecule has 3 aromatic rings. The van der Waals surface area contributed by atoms with Crippen LogP contribution in [-0.4, -0.2) is 13.6 Å². The summed E-state index contributed by atoms with van der Waals surface area (Å²) < 4.78 is 32.7. The molecular weight excluding hydrogens is 348 g/mol. The molecule has 2 aromatic carbocycles. The largest absolute Gasteiger partial charge is 0.354 e. The van der Waals surface area contributed by atoms with Crippen LogP contribution in [0.15, 0.2) is 51.9 Å². The molecule has 0 aliphatic carbocycles. The summed E-state index contributed by atoms with van der Waals surface area (Å²) in [6.07, 6.45) is 0. The fraction of sp³-hybridized carbons (Fsp3) is 0.235. The third-order valence-electron chi connectivity index (χ3n) is 3.71. The van der Waals surface area contributed by atoms with E-state index in [1.807, 2.05) is 12.1 Å². The summed E-state index contributed by atoms with van der Waals surface area (Å²) in [6.45, 7) is 6.20. The zero-order chi connectivity index (χ0) is 17.5. The summed E-state index contributed by atoms with van der Waals surface area (Å²) in [4.78, 5) is 0.152. The van der Waals surface area contributed by atoms with Gasteiger partial charge in [-0.3, -0.25) is 4.72 Å². The first-order valence-corrected chi connectivity index (χ1v) is 9.22. The summed E-state index contributed by atoms with van der Waals surface area (Å²) >= 11 is 6.11. The van der Waals surface area contributed by atoms with Crippen molar-refractivity contribution in [2.45, 2.75) is 31.1 Å². The number of nitrogens with zero attached hydrogens (tertiary/aromatic N) is 1. The highest BCUT2D eigenvalue weighted by atomic mass is 35.5. The van der Waals surface area contributed by atoms with Gasteiger partial charge in [0.25, 0.3) is 10.0 Å². The quantitative estimate of drug-likeness (QED) is 0.738. The van der Waals surface area contributed by atoms with Gasteiger partial charge in [-0.25, -0.2) is 8.42 Å². The molecule has 0 aliphatic rings. The van der Waals surface area contributed by atoms with E-state index >= 15 is 0 Å². The molecule has 0 bridgehead atoms. The normalized spacial score (nSPS) is 12.5.